The predicted octanol–water partition coefficient (Wildman–Crippen LogP) is 10.3. The molecule has 4 N–H and O–H groups in total. The Bertz CT molecular complexity index is 1780. The molecular weight excluding hydrogens is 608 g/mol. The van der Waals surface area contributed by atoms with Gasteiger partial charge in [-0.3, -0.25) is 4.79 Å². The molecule has 0 aliphatic heterocycles. The summed E-state index contributed by atoms with van der Waals surface area (Å²) in [6.07, 6.45) is 11.7. The van der Waals surface area contributed by atoms with Crippen LogP contribution in [0, 0.1) is 19.8 Å². The Hall–Kier alpha value is -4.75. The molecular formula is C42H54N4O3. The van der Waals surface area contributed by atoms with Crippen LogP contribution >= 0.6 is 0 Å². The molecule has 0 radical (unpaired) electrons. The van der Waals surface area contributed by atoms with E-state index >= 15 is 0 Å². The Morgan fingerprint density at radius 1 is 0.959 bits per heavy atom. The fourth-order valence-electron chi connectivity index (χ4n) is 6.31. The maximum absolute atomic E-state index is 13.0. The van der Waals surface area contributed by atoms with E-state index in [0.717, 1.165) is 43.3 Å². The van der Waals surface area contributed by atoms with E-state index in [2.05, 4.69) is 79.5 Å². The highest BCUT2D eigenvalue weighted by atomic mass is 16.3. The van der Waals surface area contributed by atoms with Crippen LogP contribution < -0.4 is 10.6 Å². The van der Waals surface area contributed by atoms with Gasteiger partial charge in [-0.25, -0.2) is 0 Å². The highest BCUT2D eigenvalue weighted by Crippen LogP contribution is 2.37. The third-order valence-corrected chi connectivity index (χ3v) is 9.39. The summed E-state index contributed by atoms with van der Waals surface area (Å²) in [6, 6.07) is 16.6. The van der Waals surface area contributed by atoms with Crippen LogP contribution in [0.2, 0.25) is 0 Å². The van der Waals surface area contributed by atoms with Gasteiger partial charge >= 0.3 is 0 Å². The fourth-order valence-corrected chi connectivity index (χ4v) is 6.31. The van der Waals surface area contributed by atoms with Crippen molar-refractivity contribution in [3.63, 3.8) is 0 Å². The van der Waals surface area contributed by atoms with Crippen molar-refractivity contribution in [1.29, 1.82) is 0 Å². The third-order valence-electron chi connectivity index (χ3n) is 9.39. The van der Waals surface area contributed by atoms with Gasteiger partial charge in [0.1, 0.15) is 11.5 Å². The number of carbonyl (C=O) groups excluding carboxylic acids is 1. The number of aromatic hydroxyl groups is 2. The number of carbonyl (C=O) groups is 1. The second kappa shape index (κ2) is 17.6. The number of fused-ring (bicyclic) bond motifs is 1. The largest absolute Gasteiger partial charge is 0.507 e. The van der Waals surface area contributed by atoms with Gasteiger partial charge in [-0.2, -0.15) is 0 Å². The summed E-state index contributed by atoms with van der Waals surface area (Å²) in [5.41, 5.74) is 7.33. The first kappa shape index (κ1) is 37.1. The monoisotopic (exact) mass is 662 g/mol. The zero-order chi connectivity index (χ0) is 35.5. The van der Waals surface area contributed by atoms with Gasteiger partial charge in [-0.05, 0) is 119 Å². The number of benzene rings is 3. The number of nitrogens with zero attached hydrogens (tertiary/aromatic N) is 2. The zero-order valence-electron chi connectivity index (χ0n) is 30.1. The third kappa shape index (κ3) is 9.45. The van der Waals surface area contributed by atoms with E-state index < -0.39 is 0 Å². The average molecular weight is 663 g/mol. The molecule has 4 aromatic rings. The van der Waals surface area contributed by atoms with Crippen molar-refractivity contribution in [1.82, 2.24) is 9.47 Å². The van der Waals surface area contributed by atoms with Gasteiger partial charge in [0.25, 0.3) is 5.91 Å². The molecule has 7 nitrogen and oxygen atoms in total. The lowest BCUT2D eigenvalue weighted by Gasteiger charge is -2.23. The van der Waals surface area contributed by atoms with Crippen LogP contribution in [0.25, 0.3) is 16.5 Å². The summed E-state index contributed by atoms with van der Waals surface area (Å²) < 4.78 is 2.47. The van der Waals surface area contributed by atoms with Gasteiger partial charge in [0.2, 0.25) is 0 Å². The highest BCUT2D eigenvalue weighted by Gasteiger charge is 2.16. The summed E-state index contributed by atoms with van der Waals surface area (Å²) >= 11 is 0. The molecule has 0 saturated heterocycles. The Morgan fingerprint density at radius 2 is 1.65 bits per heavy atom. The molecule has 1 unspecified atom stereocenters. The van der Waals surface area contributed by atoms with Gasteiger partial charge in [-0.15, -0.1) is 0 Å². The number of anilines is 3. The lowest BCUT2D eigenvalue weighted by atomic mass is 10.0. The number of allylic oxidation sites excluding steroid dienone is 5. The number of aromatic nitrogens is 1. The smallest absolute Gasteiger partial charge is 0.255 e. The second-order valence-corrected chi connectivity index (χ2v) is 13.0. The van der Waals surface area contributed by atoms with Crippen LogP contribution in [0.3, 0.4) is 0 Å². The number of hydrogen-bond acceptors (Lipinski definition) is 5. The number of phenols is 2. The standard InChI is InChI=1S/C42H54N4O3/c1-8-13-32(14-9-2)41-39(47)27-36(28-40(41)48)44-42(49)33-15-17-34(18-16-33)43-35-19-20-38-37(26-35)30(6)31(7)46(38)24-12-23-45(22-10-3)25-21-29(5)11-4/h8-9,13-20,26-29,43,47-48H,1,10-12,21-25H2,2-7H3,(H,44,49)/b14-9-,32-13+. The molecule has 0 spiro atoms. The van der Waals surface area contributed by atoms with Crippen LogP contribution in [-0.4, -0.2) is 45.2 Å². The summed E-state index contributed by atoms with van der Waals surface area (Å²) in [7, 11) is 0. The van der Waals surface area contributed by atoms with E-state index in [1.807, 2.05) is 19.1 Å². The maximum Gasteiger partial charge on any atom is 0.255 e. The highest BCUT2D eigenvalue weighted by molar-refractivity contribution is 6.05. The van der Waals surface area contributed by atoms with E-state index in [0.29, 0.717) is 11.1 Å². The van der Waals surface area contributed by atoms with Crippen LogP contribution in [0.1, 0.15) is 80.6 Å². The molecule has 7 heteroatoms. The van der Waals surface area contributed by atoms with E-state index in [9.17, 15) is 15.0 Å². The molecule has 49 heavy (non-hydrogen) atoms. The minimum absolute atomic E-state index is 0.148. The topological polar surface area (TPSA) is 89.8 Å². The molecule has 1 aromatic heterocycles. The lowest BCUT2D eigenvalue weighted by molar-refractivity contribution is 0.102. The van der Waals surface area contributed by atoms with Gasteiger partial charge in [-0.1, -0.05) is 58.1 Å². The number of phenolic OH excluding ortho intramolecular Hbond substituents is 2. The SMILES string of the molecule is C=C/C=C(\C=C/C)c1c(O)cc(NC(=O)c2ccc(Nc3ccc4c(c3)c(C)c(C)n4CCCN(CCC)CCC(C)CC)cc2)cc1O. The van der Waals surface area contributed by atoms with E-state index in [-0.39, 0.29) is 28.7 Å². The van der Waals surface area contributed by atoms with Gasteiger partial charge < -0.3 is 30.3 Å². The van der Waals surface area contributed by atoms with Gasteiger partial charge in [0.15, 0.2) is 0 Å². The molecule has 0 aliphatic carbocycles. The first-order chi connectivity index (χ1) is 23.6. The number of amides is 1. The molecule has 260 valence electrons. The van der Waals surface area contributed by atoms with Crippen molar-refractivity contribution in [2.24, 2.45) is 5.92 Å². The molecule has 0 aliphatic rings. The maximum atomic E-state index is 13.0. The van der Waals surface area contributed by atoms with Crippen molar-refractivity contribution in [3.8, 4) is 11.5 Å². The molecule has 1 atom stereocenters. The summed E-state index contributed by atoms with van der Waals surface area (Å²) in [6.45, 7) is 21.3. The van der Waals surface area contributed by atoms with Crippen molar-refractivity contribution in [2.45, 2.75) is 73.8 Å². The van der Waals surface area contributed by atoms with E-state index in [1.165, 1.54) is 60.1 Å². The molecule has 0 bridgehead atoms. The predicted molar refractivity (Wildman–Crippen MR) is 207 cm³/mol. The molecule has 0 saturated carbocycles. The summed E-state index contributed by atoms with van der Waals surface area (Å²) in [5, 5.41) is 28.8. The van der Waals surface area contributed by atoms with Crippen LogP contribution in [0.5, 0.6) is 11.5 Å². The Morgan fingerprint density at radius 3 is 2.29 bits per heavy atom. The molecule has 1 heterocycles. The normalized spacial score (nSPS) is 12.6. The molecule has 1 amide bonds. The zero-order valence-corrected chi connectivity index (χ0v) is 30.1. The number of hydrogen-bond donors (Lipinski definition) is 4. The number of nitrogens with one attached hydrogen (secondary N) is 2. The summed E-state index contributed by atoms with van der Waals surface area (Å²) in [4.78, 5) is 15.7. The van der Waals surface area contributed by atoms with E-state index in [1.54, 1.807) is 36.4 Å². The summed E-state index contributed by atoms with van der Waals surface area (Å²) in [5.74, 6) is 0.132. The van der Waals surface area contributed by atoms with Crippen molar-refractivity contribution < 1.29 is 15.0 Å². The molecule has 3 aromatic carbocycles. The van der Waals surface area contributed by atoms with Crippen LogP contribution in [-0.2, 0) is 6.54 Å². The molecule has 4 rings (SSSR count). The van der Waals surface area contributed by atoms with Crippen molar-refractivity contribution in [3.05, 3.63) is 108 Å². The van der Waals surface area contributed by atoms with Crippen LogP contribution in [0.4, 0.5) is 17.1 Å². The molecule has 0 fully saturated rings. The number of aryl methyl sites for hydroxylation is 2. The average Bonchev–Trinajstić information content (AvgIpc) is 3.31. The van der Waals surface area contributed by atoms with Crippen molar-refractivity contribution in [2.75, 3.05) is 30.3 Å². The number of rotatable bonds is 17. The fraction of sp³-hybridized carbons (Fsp3) is 0.357. The quantitative estimate of drug-likeness (QED) is 0.0845. The van der Waals surface area contributed by atoms with Gasteiger partial charge in [0.05, 0.1) is 5.56 Å². The second-order valence-electron chi connectivity index (χ2n) is 13.0. The Kier molecular flexibility index (Phi) is 13.3. The van der Waals surface area contributed by atoms with E-state index in [4.69, 9.17) is 0 Å². The van der Waals surface area contributed by atoms with Crippen LogP contribution in [0.15, 0.2) is 85.5 Å². The Balaban J connectivity index is 1.41. The van der Waals surface area contributed by atoms with Gasteiger partial charge in [0, 0.05) is 57.9 Å². The first-order valence-electron chi connectivity index (χ1n) is 17.6. The first-order valence-corrected chi connectivity index (χ1v) is 17.6. The van der Waals surface area contributed by atoms with Crippen molar-refractivity contribution >= 4 is 39.4 Å². The minimum Gasteiger partial charge on any atom is -0.507 e. The minimum atomic E-state index is -0.351. The Labute approximate surface area is 292 Å². The lowest BCUT2D eigenvalue weighted by Crippen LogP contribution is -2.28.